The normalized spacial score (nSPS) is 10.5. The van der Waals surface area contributed by atoms with Crippen molar-refractivity contribution >= 4 is 28.8 Å². The summed E-state index contributed by atoms with van der Waals surface area (Å²) in [4.78, 5) is 4.40. The molecule has 5 heteroatoms. The topological polar surface area (TPSA) is 48.1 Å². The highest BCUT2D eigenvalue weighted by atomic mass is 32.2. The molecule has 1 aromatic heterocycles. The summed E-state index contributed by atoms with van der Waals surface area (Å²) in [6, 6.07) is 7.52. The van der Waals surface area contributed by atoms with Gasteiger partial charge in [-0.3, -0.25) is 0 Å². The molecule has 0 saturated carbocycles. The number of hydrogen-bond donors (Lipinski definition) is 1. The number of aromatic nitrogens is 1. The molecule has 1 aromatic carbocycles. The lowest BCUT2D eigenvalue weighted by Gasteiger charge is -2.05. The van der Waals surface area contributed by atoms with E-state index in [1.807, 2.05) is 31.2 Å². The molecule has 2 aromatic rings. The Morgan fingerprint density at radius 3 is 3.06 bits per heavy atom. The number of aryl methyl sites for hydroxylation is 1. The molecule has 0 unspecified atom stereocenters. The second-order valence-corrected chi connectivity index (χ2v) is 6.08. The molecule has 0 spiro atoms. The number of nitrogen functional groups attached to an aromatic ring is 1. The van der Waals surface area contributed by atoms with Crippen molar-refractivity contribution in [1.29, 1.82) is 0 Å². The van der Waals surface area contributed by atoms with Gasteiger partial charge in [0, 0.05) is 28.6 Å². The predicted octanol–water partition coefficient (Wildman–Crippen LogP) is 3.59. The Hall–Kier alpha value is -1.20. The predicted molar refractivity (Wildman–Crippen MR) is 78.5 cm³/mol. The summed E-state index contributed by atoms with van der Waals surface area (Å²) in [6.07, 6.45) is 0.998. The summed E-state index contributed by atoms with van der Waals surface area (Å²) in [5.74, 6) is 1.86. The lowest BCUT2D eigenvalue weighted by atomic mass is 10.3. The van der Waals surface area contributed by atoms with E-state index in [-0.39, 0.29) is 0 Å². The molecule has 0 aliphatic carbocycles. The van der Waals surface area contributed by atoms with Gasteiger partial charge in [-0.05, 0) is 25.5 Å². The number of benzene rings is 1. The number of ether oxygens (including phenoxy) is 1. The van der Waals surface area contributed by atoms with Crippen LogP contribution in [-0.2, 0) is 0 Å². The first-order valence-corrected chi connectivity index (χ1v) is 7.64. The molecule has 3 nitrogen and oxygen atoms in total. The van der Waals surface area contributed by atoms with Crippen molar-refractivity contribution in [2.45, 2.75) is 17.7 Å². The number of hydrogen-bond acceptors (Lipinski definition) is 5. The molecule has 2 N–H and O–H groups in total. The summed E-state index contributed by atoms with van der Waals surface area (Å²) in [5.41, 5.74) is 7.51. The van der Waals surface area contributed by atoms with Crippen LogP contribution in [0.4, 0.5) is 5.69 Å². The minimum Gasteiger partial charge on any atom is -0.493 e. The highest BCUT2D eigenvalue weighted by molar-refractivity contribution is 8.00. The minimum absolute atomic E-state index is 0.709. The van der Waals surface area contributed by atoms with E-state index in [9.17, 15) is 0 Å². The van der Waals surface area contributed by atoms with Gasteiger partial charge in [0.15, 0.2) is 0 Å². The van der Waals surface area contributed by atoms with Crippen molar-refractivity contribution in [3.8, 4) is 5.75 Å². The van der Waals surface area contributed by atoms with Gasteiger partial charge in [0.05, 0.1) is 6.61 Å². The number of thiazole rings is 1. The third kappa shape index (κ3) is 4.23. The van der Waals surface area contributed by atoms with Crippen molar-refractivity contribution in [3.05, 3.63) is 35.3 Å². The molecular formula is C13H16N2OS2. The second kappa shape index (κ2) is 6.66. The van der Waals surface area contributed by atoms with Crippen molar-refractivity contribution in [3.63, 3.8) is 0 Å². The smallest absolute Gasteiger partial charge is 0.150 e. The average Bonchev–Trinajstić information content (AvgIpc) is 2.75. The number of rotatable bonds is 6. The van der Waals surface area contributed by atoms with Crippen LogP contribution in [0.1, 0.15) is 12.1 Å². The van der Waals surface area contributed by atoms with Crippen LogP contribution in [0.15, 0.2) is 34.0 Å². The molecule has 0 saturated heterocycles. The van der Waals surface area contributed by atoms with E-state index in [2.05, 4.69) is 10.4 Å². The minimum atomic E-state index is 0.709. The first-order valence-electron chi connectivity index (χ1n) is 5.77. The third-order valence-corrected chi connectivity index (χ3v) is 4.46. The second-order valence-electron chi connectivity index (χ2n) is 3.88. The molecule has 2 rings (SSSR count). The molecule has 0 atom stereocenters. The zero-order valence-corrected chi connectivity index (χ0v) is 11.9. The van der Waals surface area contributed by atoms with E-state index >= 15 is 0 Å². The average molecular weight is 280 g/mol. The van der Waals surface area contributed by atoms with Gasteiger partial charge in [-0.15, -0.1) is 11.3 Å². The first-order chi connectivity index (χ1) is 8.74. The zero-order valence-electron chi connectivity index (χ0n) is 10.3. The van der Waals surface area contributed by atoms with E-state index in [1.54, 1.807) is 23.1 Å². The Kier molecular flexibility index (Phi) is 4.90. The zero-order chi connectivity index (χ0) is 12.8. The number of anilines is 1. The van der Waals surface area contributed by atoms with Gasteiger partial charge in [0.1, 0.15) is 10.1 Å². The monoisotopic (exact) mass is 280 g/mol. The molecular weight excluding hydrogens is 264 g/mol. The molecule has 96 valence electrons. The van der Waals surface area contributed by atoms with Gasteiger partial charge in [-0.25, -0.2) is 4.98 Å². The maximum atomic E-state index is 5.68. The lowest BCUT2D eigenvalue weighted by molar-refractivity contribution is 0.319. The number of nitrogens with two attached hydrogens (primary N) is 1. The van der Waals surface area contributed by atoms with Gasteiger partial charge in [-0.1, -0.05) is 17.8 Å². The fourth-order valence-electron chi connectivity index (χ4n) is 1.41. The van der Waals surface area contributed by atoms with Crippen LogP contribution >= 0.6 is 23.1 Å². The standard InChI is InChI=1S/C13H16N2OS2/c1-10-9-18-13(15-10)17-7-3-6-16-12-5-2-4-11(14)8-12/h2,4-5,8-9H,3,6-7,14H2,1H3. The maximum absolute atomic E-state index is 5.68. The fraction of sp³-hybridized carbons (Fsp3) is 0.308. The van der Waals surface area contributed by atoms with Crippen LogP contribution < -0.4 is 10.5 Å². The summed E-state index contributed by atoms with van der Waals surface area (Å²) in [6.45, 7) is 2.73. The van der Waals surface area contributed by atoms with Crippen LogP contribution in [0, 0.1) is 6.92 Å². The van der Waals surface area contributed by atoms with Crippen LogP contribution in [0.2, 0.25) is 0 Å². The van der Waals surface area contributed by atoms with Gasteiger partial charge in [0.25, 0.3) is 0 Å². The summed E-state index contributed by atoms with van der Waals surface area (Å²) in [5, 5.41) is 2.07. The third-order valence-electron chi connectivity index (χ3n) is 2.24. The molecule has 1 heterocycles. The van der Waals surface area contributed by atoms with E-state index < -0.39 is 0 Å². The van der Waals surface area contributed by atoms with Gasteiger partial charge in [-0.2, -0.15) is 0 Å². The van der Waals surface area contributed by atoms with Gasteiger partial charge < -0.3 is 10.5 Å². The molecule has 0 radical (unpaired) electrons. The number of nitrogens with zero attached hydrogens (tertiary/aromatic N) is 1. The highest BCUT2D eigenvalue weighted by Crippen LogP contribution is 2.23. The summed E-state index contributed by atoms with van der Waals surface area (Å²) in [7, 11) is 0. The van der Waals surface area contributed by atoms with Gasteiger partial charge in [0.2, 0.25) is 0 Å². The van der Waals surface area contributed by atoms with Crippen molar-refractivity contribution < 1.29 is 4.74 Å². The van der Waals surface area contributed by atoms with Crippen LogP contribution in [0.3, 0.4) is 0 Å². The summed E-state index contributed by atoms with van der Waals surface area (Å²) < 4.78 is 6.76. The quantitative estimate of drug-likeness (QED) is 0.499. The first kappa shape index (κ1) is 13.2. The van der Waals surface area contributed by atoms with E-state index in [4.69, 9.17) is 10.5 Å². The lowest BCUT2D eigenvalue weighted by Crippen LogP contribution is -1.99. The van der Waals surface area contributed by atoms with Crippen molar-refractivity contribution in [2.75, 3.05) is 18.1 Å². The SMILES string of the molecule is Cc1csc(SCCCOc2cccc(N)c2)n1. The van der Waals surface area contributed by atoms with Crippen molar-refractivity contribution in [1.82, 2.24) is 4.98 Å². The Balaban J connectivity index is 1.64. The van der Waals surface area contributed by atoms with Crippen LogP contribution in [0.25, 0.3) is 0 Å². The Morgan fingerprint density at radius 1 is 1.44 bits per heavy atom. The number of thioether (sulfide) groups is 1. The molecule has 0 aliphatic rings. The van der Waals surface area contributed by atoms with E-state index in [0.717, 1.165) is 33.6 Å². The van der Waals surface area contributed by atoms with E-state index in [0.29, 0.717) is 6.61 Å². The Bertz CT molecular complexity index is 499. The van der Waals surface area contributed by atoms with Crippen LogP contribution in [0.5, 0.6) is 5.75 Å². The molecule has 0 aliphatic heterocycles. The molecule has 18 heavy (non-hydrogen) atoms. The largest absolute Gasteiger partial charge is 0.493 e. The molecule has 0 fully saturated rings. The summed E-state index contributed by atoms with van der Waals surface area (Å²) >= 11 is 3.48. The maximum Gasteiger partial charge on any atom is 0.150 e. The molecule has 0 amide bonds. The van der Waals surface area contributed by atoms with Crippen molar-refractivity contribution in [2.24, 2.45) is 0 Å². The van der Waals surface area contributed by atoms with Crippen LogP contribution in [-0.4, -0.2) is 17.3 Å². The molecule has 0 bridgehead atoms. The van der Waals surface area contributed by atoms with E-state index in [1.165, 1.54) is 0 Å². The van der Waals surface area contributed by atoms with Gasteiger partial charge >= 0.3 is 0 Å². The highest BCUT2D eigenvalue weighted by Gasteiger charge is 1.99. The Morgan fingerprint density at radius 2 is 2.33 bits per heavy atom. The Labute approximate surface area is 115 Å². The fourth-order valence-corrected chi connectivity index (χ4v) is 3.24.